The molecule has 3 N–H and O–H groups in total. The van der Waals surface area contributed by atoms with E-state index in [1.165, 1.54) is 5.56 Å². The quantitative estimate of drug-likeness (QED) is 0.836. The second-order valence-corrected chi connectivity index (χ2v) is 4.28. The van der Waals surface area contributed by atoms with E-state index in [2.05, 4.69) is 0 Å². The lowest BCUT2D eigenvalue weighted by Gasteiger charge is -2.11. The number of aliphatic carboxylic acids is 1. The second-order valence-electron chi connectivity index (χ2n) is 3.29. The number of carboxylic acid groups (broad SMARTS) is 1. The lowest BCUT2D eigenvalue weighted by Crippen LogP contribution is -2.21. The third-order valence-electron chi connectivity index (χ3n) is 2.41. The molecule has 0 radical (unpaired) electrons. The number of carbonyl (C=O) groups is 1. The second kappa shape index (κ2) is 4.88. The van der Waals surface area contributed by atoms with Crippen molar-refractivity contribution in [3.8, 4) is 0 Å². The van der Waals surface area contributed by atoms with Crippen LogP contribution in [0, 0.1) is 0 Å². The molecule has 0 aliphatic carbocycles. The Morgan fingerprint density at radius 3 is 2.87 bits per heavy atom. The minimum atomic E-state index is -0.963. The average Bonchev–Trinajstić information content (AvgIpc) is 2.63. The van der Waals surface area contributed by atoms with Crippen LogP contribution in [-0.4, -0.2) is 11.1 Å². The van der Waals surface area contributed by atoms with E-state index in [0.717, 1.165) is 22.6 Å². The standard InChI is InChI=1S/C10H11NO2S.ClH/c11-9(10(12)13)7-3-1-2-6-4-14-5-8(6)7;/h1-3,9H,4-5,11H2,(H,12,13);1H. The van der Waals surface area contributed by atoms with E-state index in [1.807, 2.05) is 18.2 Å². The zero-order valence-electron chi connectivity index (χ0n) is 7.97. The van der Waals surface area contributed by atoms with Crippen LogP contribution in [0.3, 0.4) is 0 Å². The van der Waals surface area contributed by atoms with Gasteiger partial charge in [0.15, 0.2) is 0 Å². The molecule has 1 atom stereocenters. The van der Waals surface area contributed by atoms with Gasteiger partial charge < -0.3 is 10.8 Å². The van der Waals surface area contributed by atoms with E-state index in [1.54, 1.807) is 11.8 Å². The van der Waals surface area contributed by atoms with Gasteiger partial charge in [-0.1, -0.05) is 18.2 Å². The van der Waals surface area contributed by atoms with Gasteiger partial charge in [0.05, 0.1) is 0 Å². The van der Waals surface area contributed by atoms with Crippen LogP contribution in [-0.2, 0) is 16.3 Å². The molecule has 3 nitrogen and oxygen atoms in total. The molecular weight excluding hydrogens is 234 g/mol. The zero-order chi connectivity index (χ0) is 10.1. The highest BCUT2D eigenvalue weighted by atomic mass is 35.5. The van der Waals surface area contributed by atoms with Gasteiger partial charge in [-0.3, -0.25) is 4.79 Å². The van der Waals surface area contributed by atoms with Crippen molar-refractivity contribution >= 4 is 30.1 Å². The summed E-state index contributed by atoms with van der Waals surface area (Å²) < 4.78 is 0. The lowest BCUT2D eigenvalue weighted by molar-refractivity contribution is -0.138. The number of rotatable bonds is 2. The van der Waals surface area contributed by atoms with Crippen molar-refractivity contribution in [3.05, 3.63) is 34.9 Å². The Bertz CT molecular complexity index is 384. The molecule has 2 rings (SSSR count). The Morgan fingerprint density at radius 2 is 2.20 bits per heavy atom. The topological polar surface area (TPSA) is 63.3 Å². The van der Waals surface area contributed by atoms with Crippen molar-refractivity contribution in [2.45, 2.75) is 17.5 Å². The highest BCUT2D eigenvalue weighted by molar-refractivity contribution is 7.98. The molecule has 0 bridgehead atoms. The average molecular weight is 246 g/mol. The molecule has 1 aliphatic rings. The van der Waals surface area contributed by atoms with Crippen LogP contribution in [0.25, 0.3) is 0 Å². The van der Waals surface area contributed by atoms with Gasteiger partial charge in [-0.2, -0.15) is 11.8 Å². The van der Waals surface area contributed by atoms with Crippen LogP contribution in [0.15, 0.2) is 18.2 Å². The molecule has 0 fully saturated rings. The first-order valence-electron chi connectivity index (χ1n) is 4.37. The monoisotopic (exact) mass is 245 g/mol. The number of thioether (sulfide) groups is 1. The molecule has 1 unspecified atom stereocenters. The maximum atomic E-state index is 10.8. The molecule has 1 aromatic rings. The van der Waals surface area contributed by atoms with Crippen LogP contribution < -0.4 is 5.73 Å². The van der Waals surface area contributed by atoms with E-state index < -0.39 is 12.0 Å². The highest BCUT2D eigenvalue weighted by Crippen LogP contribution is 2.34. The van der Waals surface area contributed by atoms with Crippen LogP contribution in [0.5, 0.6) is 0 Å². The van der Waals surface area contributed by atoms with Crippen molar-refractivity contribution < 1.29 is 9.90 Å². The van der Waals surface area contributed by atoms with Crippen molar-refractivity contribution in [1.29, 1.82) is 0 Å². The Labute approximate surface area is 98.5 Å². The summed E-state index contributed by atoms with van der Waals surface area (Å²) >= 11 is 1.80. The summed E-state index contributed by atoms with van der Waals surface area (Å²) in [6.07, 6.45) is 0. The van der Waals surface area contributed by atoms with Gasteiger partial charge in [-0.15, -0.1) is 12.4 Å². The highest BCUT2D eigenvalue weighted by Gasteiger charge is 2.22. The first-order chi connectivity index (χ1) is 6.70. The zero-order valence-corrected chi connectivity index (χ0v) is 9.61. The summed E-state index contributed by atoms with van der Waals surface area (Å²) in [7, 11) is 0. The summed E-state index contributed by atoms with van der Waals surface area (Å²) in [6, 6.07) is 4.84. The Morgan fingerprint density at radius 1 is 1.47 bits per heavy atom. The Hall–Kier alpha value is -0.710. The van der Waals surface area contributed by atoms with Gasteiger partial charge in [0.1, 0.15) is 6.04 Å². The summed E-state index contributed by atoms with van der Waals surface area (Å²) in [4.78, 5) is 10.8. The summed E-state index contributed by atoms with van der Waals surface area (Å²) in [5, 5.41) is 8.83. The minimum Gasteiger partial charge on any atom is -0.480 e. The molecule has 82 valence electrons. The predicted molar refractivity (Wildman–Crippen MR) is 63.3 cm³/mol. The predicted octanol–water partition coefficient (Wildman–Crippen LogP) is 1.94. The number of hydrogen-bond donors (Lipinski definition) is 2. The smallest absolute Gasteiger partial charge is 0.325 e. The van der Waals surface area contributed by atoms with Gasteiger partial charge in [0.2, 0.25) is 0 Å². The normalized spacial score (nSPS) is 15.3. The summed E-state index contributed by atoms with van der Waals surface area (Å²) in [5.74, 6) is 0.887. The van der Waals surface area contributed by atoms with E-state index in [9.17, 15) is 4.79 Å². The molecule has 1 heterocycles. The number of nitrogens with two attached hydrogens (primary N) is 1. The Balaban J connectivity index is 0.00000112. The Kier molecular flexibility index (Phi) is 4.02. The fourth-order valence-corrected chi connectivity index (χ4v) is 2.80. The molecule has 5 heteroatoms. The SMILES string of the molecule is Cl.NC(C(=O)O)c1cccc2c1CSC2. The molecule has 0 saturated carbocycles. The van der Waals surface area contributed by atoms with Crippen LogP contribution >= 0.6 is 24.2 Å². The minimum absolute atomic E-state index is 0. The number of carboxylic acids is 1. The molecule has 0 saturated heterocycles. The van der Waals surface area contributed by atoms with E-state index in [0.29, 0.717) is 0 Å². The van der Waals surface area contributed by atoms with Gasteiger partial charge in [0.25, 0.3) is 0 Å². The molecule has 1 aromatic carbocycles. The lowest BCUT2D eigenvalue weighted by atomic mass is 9.98. The molecule has 1 aliphatic heterocycles. The third-order valence-corrected chi connectivity index (χ3v) is 3.42. The van der Waals surface area contributed by atoms with Crippen LogP contribution in [0.1, 0.15) is 22.7 Å². The number of benzene rings is 1. The molecular formula is C10H12ClNO2S. The summed E-state index contributed by atoms with van der Waals surface area (Å²) in [5.41, 5.74) is 8.71. The van der Waals surface area contributed by atoms with E-state index >= 15 is 0 Å². The van der Waals surface area contributed by atoms with E-state index in [-0.39, 0.29) is 12.4 Å². The molecule has 15 heavy (non-hydrogen) atoms. The van der Waals surface area contributed by atoms with Crippen molar-refractivity contribution in [3.63, 3.8) is 0 Å². The first kappa shape index (κ1) is 12.4. The van der Waals surface area contributed by atoms with Gasteiger partial charge in [-0.25, -0.2) is 0 Å². The van der Waals surface area contributed by atoms with Crippen LogP contribution in [0.4, 0.5) is 0 Å². The summed E-state index contributed by atoms with van der Waals surface area (Å²) in [6.45, 7) is 0. The van der Waals surface area contributed by atoms with E-state index in [4.69, 9.17) is 10.8 Å². The fraction of sp³-hybridized carbons (Fsp3) is 0.300. The molecule has 0 spiro atoms. The van der Waals surface area contributed by atoms with Crippen LogP contribution in [0.2, 0.25) is 0 Å². The maximum absolute atomic E-state index is 10.8. The van der Waals surface area contributed by atoms with Gasteiger partial charge in [0, 0.05) is 11.5 Å². The number of halogens is 1. The van der Waals surface area contributed by atoms with Gasteiger partial charge >= 0.3 is 5.97 Å². The molecule has 0 amide bonds. The largest absolute Gasteiger partial charge is 0.480 e. The maximum Gasteiger partial charge on any atom is 0.325 e. The van der Waals surface area contributed by atoms with Crippen molar-refractivity contribution in [2.24, 2.45) is 5.73 Å². The van der Waals surface area contributed by atoms with Gasteiger partial charge in [-0.05, 0) is 16.7 Å². The fourth-order valence-electron chi connectivity index (χ4n) is 1.65. The third kappa shape index (κ3) is 2.27. The number of fused-ring (bicyclic) bond motifs is 1. The number of hydrogen-bond acceptors (Lipinski definition) is 3. The molecule has 0 aromatic heterocycles. The first-order valence-corrected chi connectivity index (χ1v) is 5.52. The van der Waals surface area contributed by atoms with Crippen molar-refractivity contribution in [1.82, 2.24) is 0 Å². The van der Waals surface area contributed by atoms with Crippen molar-refractivity contribution in [2.75, 3.05) is 0 Å².